The summed E-state index contributed by atoms with van der Waals surface area (Å²) in [5.41, 5.74) is 7.12. The van der Waals surface area contributed by atoms with E-state index in [4.69, 9.17) is 10.5 Å². The Morgan fingerprint density at radius 2 is 2.11 bits per heavy atom. The Balaban J connectivity index is 2.10. The maximum atomic E-state index is 13.0. The molecule has 0 atom stereocenters. The molecule has 2 aromatic rings. The lowest BCUT2D eigenvalue weighted by Crippen LogP contribution is -2.03. The first-order valence-corrected chi connectivity index (χ1v) is 6.19. The Labute approximate surface area is 113 Å². The molecule has 0 saturated heterocycles. The Bertz CT molecular complexity index is 548. The molecular weight excluding hydrogens is 299 g/mol. The van der Waals surface area contributed by atoms with E-state index in [0.29, 0.717) is 17.9 Å². The molecule has 0 radical (unpaired) electrons. The minimum atomic E-state index is -0.313. The molecule has 0 aliphatic rings. The first-order valence-electron chi connectivity index (χ1n) is 5.40. The van der Waals surface area contributed by atoms with Crippen molar-refractivity contribution in [3.05, 3.63) is 58.1 Å². The van der Waals surface area contributed by atoms with E-state index in [2.05, 4.69) is 20.9 Å². The number of nitrogens with two attached hydrogens (primary N) is 1. The SMILES string of the molecule is NCc1cc(F)ccc1OCc1cncc(Br)c1. The lowest BCUT2D eigenvalue weighted by atomic mass is 10.2. The van der Waals surface area contributed by atoms with Crippen molar-refractivity contribution in [2.24, 2.45) is 5.73 Å². The summed E-state index contributed by atoms with van der Waals surface area (Å²) >= 11 is 3.34. The predicted molar refractivity (Wildman–Crippen MR) is 70.6 cm³/mol. The molecule has 0 fully saturated rings. The summed E-state index contributed by atoms with van der Waals surface area (Å²) in [6.07, 6.45) is 3.42. The highest BCUT2D eigenvalue weighted by atomic mass is 79.9. The minimum Gasteiger partial charge on any atom is -0.489 e. The fourth-order valence-electron chi connectivity index (χ4n) is 1.54. The smallest absolute Gasteiger partial charge is 0.124 e. The maximum Gasteiger partial charge on any atom is 0.124 e. The Kier molecular flexibility index (Phi) is 4.28. The van der Waals surface area contributed by atoms with Crippen LogP contribution in [-0.4, -0.2) is 4.98 Å². The van der Waals surface area contributed by atoms with Crippen LogP contribution in [0.4, 0.5) is 4.39 Å². The molecule has 0 saturated carbocycles. The molecule has 1 aromatic heterocycles. The van der Waals surface area contributed by atoms with Gasteiger partial charge in [-0.25, -0.2) is 4.39 Å². The second-order valence-corrected chi connectivity index (χ2v) is 4.67. The molecule has 3 nitrogen and oxygen atoms in total. The summed E-state index contributed by atoms with van der Waals surface area (Å²) in [6.45, 7) is 0.606. The standard InChI is InChI=1S/C13H12BrFN2O/c14-11-3-9(6-17-7-11)8-18-13-2-1-12(15)4-10(13)5-16/h1-4,6-7H,5,8,16H2. The van der Waals surface area contributed by atoms with Crippen LogP contribution in [0.2, 0.25) is 0 Å². The summed E-state index contributed by atoms with van der Waals surface area (Å²) in [5.74, 6) is 0.283. The first-order chi connectivity index (χ1) is 8.69. The van der Waals surface area contributed by atoms with Crippen molar-refractivity contribution in [2.45, 2.75) is 13.2 Å². The molecule has 18 heavy (non-hydrogen) atoms. The summed E-state index contributed by atoms with van der Waals surface area (Å²) in [4.78, 5) is 4.04. The monoisotopic (exact) mass is 310 g/mol. The largest absolute Gasteiger partial charge is 0.489 e. The number of hydrogen-bond acceptors (Lipinski definition) is 3. The van der Waals surface area contributed by atoms with E-state index in [-0.39, 0.29) is 12.4 Å². The van der Waals surface area contributed by atoms with Crippen molar-refractivity contribution in [1.82, 2.24) is 4.98 Å². The van der Waals surface area contributed by atoms with E-state index < -0.39 is 0 Å². The Morgan fingerprint density at radius 1 is 1.28 bits per heavy atom. The van der Waals surface area contributed by atoms with Gasteiger partial charge in [0.05, 0.1) is 0 Å². The molecular formula is C13H12BrFN2O. The average molecular weight is 311 g/mol. The van der Waals surface area contributed by atoms with E-state index >= 15 is 0 Å². The highest BCUT2D eigenvalue weighted by molar-refractivity contribution is 9.10. The number of rotatable bonds is 4. The summed E-state index contributed by atoms with van der Waals surface area (Å²) < 4.78 is 19.5. The van der Waals surface area contributed by atoms with Crippen LogP contribution < -0.4 is 10.5 Å². The molecule has 1 aromatic carbocycles. The van der Waals surface area contributed by atoms with Gasteiger partial charge in [-0.1, -0.05) is 0 Å². The molecule has 2 N–H and O–H groups in total. The van der Waals surface area contributed by atoms with Crippen molar-refractivity contribution in [1.29, 1.82) is 0 Å². The molecule has 5 heteroatoms. The Hall–Kier alpha value is -1.46. The molecule has 0 unspecified atom stereocenters. The topological polar surface area (TPSA) is 48.1 Å². The van der Waals surface area contributed by atoms with Gasteiger partial charge in [0.25, 0.3) is 0 Å². The zero-order chi connectivity index (χ0) is 13.0. The summed E-state index contributed by atoms with van der Waals surface area (Å²) in [5, 5.41) is 0. The number of hydrogen-bond donors (Lipinski definition) is 1. The van der Waals surface area contributed by atoms with Crippen molar-refractivity contribution >= 4 is 15.9 Å². The number of nitrogens with zero attached hydrogens (tertiary/aromatic N) is 1. The fourth-order valence-corrected chi connectivity index (χ4v) is 1.96. The third-order valence-corrected chi connectivity index (χ3v) is 2.83. The van der Waals surface area contributed by atoms with Gasteiger partial charge in [0.15, 0.2) is 0 Å². The normalized spacial score (nSPS) is 10.4. The molecule has 94 valence electrons. The molecule has 1 heterocycles. The third-order valence-electron chi connectivity index (χ3n) is 2.40. The van der Waals surface area contributed by atoms with Crippen LogP contribution >= 0.6 is 15.9 Å². The number of aromatic nitrogens is 1. The lowest BCUT2D eigenvalue weighted by Gasteiger charge is -2.10. The van der Waals surface area contributed by atoms with E-state index in [1.807, 2.05) is 6.07 Å². The van der Waals surface area contributed by atoms with Gasteiger partial charge in [0.2, 0.25) is 0 Å². The molecule has 0 spiro atoms. The molecule has 0 aliphatic heterocycles. The summed E-state index contributed by atoms with van der Waals surface area (Å²) in [7, 11) is 0. The van der Waals surface area contributed by atoms with Crippen LogP contribution in [0.3, 0.4) is 0 Å². The number of ether oxygens (including phenoxy) is 1. The lowest BCUT2D eigenvalue weighted by molar-refractivity contribution is 0.302. The molecule has 2 rings (SSSR count). The highest BCUT2D eigenvalue weighted by Crippen LogP contribution is 2.20. The van der Waals surface area contributed by atoms with E-state index in [1.54, 1.807) is 18.5 Å². The van der Waals surface area contributed by atoms with Crippen molar-refractivity contribution < 1.29 is 9.13 Å². The minimum absolute atomic E-state index is 0.240. The molecule has 0 amide bonds. The first kappa shape index (κ1) is 13.0. The third kappa shape index (κ3) is 3.27. The van der Waals surface area contributed by atoms with Gasteiger partial charge < -0.3 is 10.5 Å². The van der Waals surface area contributed by atoms with Crippen LogP contribution in [0, 0.1) is 5.82 Å². The van der Waals surface area contributed by atoms with Crippen LogP contribution in [-0.2, 0) is 13.2 Å². The van der Waals surface area contributed by atoms with Crippen molar-refractivity contribution in [3.8, 4) is 5.75 Å². The zero-order valence-electron chi connectivity index (χ0n) is 9.57. The second kappa shape index (κ2) is 5.93. The van der Waals surface area contributed by atoms with Crippen LogP contribution in [0.1, 0.15) is 11.1 Å². The highest BCUT2D eigenvalue weighted by Gasteiger charge is 2.04. The number of halogens is 2. The maximum absolute atomic E-state index is 13.0. The number of pyridine rings is 1. The van der Waals surface area contributed by atoms with Gasteiger partial charge >= 0.3 is 0 Å². The van der Waals surface area contributed by atoms with Gasteiger partial charge in [-0.05, 0) is 40.2 Å². The fraction of sp³-hybridized carbons (Fsp3) is 0.154. The van der Waals surface area contributed by atoms with Crippen molar-refractivity contribution in [3.63, 3.8) is 0 Å². The van der Waals surface area contributed by atoms with Gasteiger partial charge in [-0.2, -0.15) is 0 Å². The quantitative estimate of drug-likeness (QED) is 0.944. The zero-order valence-corrected chi connectivity index (χ0v) is 11.2. The second-order valence-electron chi connectivity index (χ2n) is 3.76. The van der Waals surface area contributed by atoms with E-state index in [1.165, 1.54) is 12.1 Å². The van der Waals surface area contributed by atoms with E-state index in [9.17, 15) is 4.39 Å². The van der Waals surface area contributed by atoms with Crippen LogP contribution in [0.25, 0.3) is 0 Å². The van der Waals surface area contributed by atoms with Gasteiger partial charge in [-0.15, -0.1) is 0 Å². The van der Waals surface area contributed by atoms with Gasteiger partial charge in [0.1, 0.15) is 18.2 Å². The van der Waals surface area contributed by atoms with Gasteiger partial charge in [-0.3, -0.25) is 4.98 Å². The van der Waals surface area contributed by atoms with Crippen LogP contribution in [0.15, 0.2) is 41.1 Å². The predicted octanol–water partition coefficient (Wildman–Crippen LogP) is 3.02. The van der Waals surface area contributed by atoms with Crippen LogP contribution in [0.5, 0.6) is 5.75 Å². The average Bonchev–Trinajstić information content (AvgIpc) is 2.37. The van der Waals surface area contributed by atoms with Gasteiger partial charge in [0, 0.05) is 34.5 Å². The molecule has 0 bridgehead atoms. The Morgan fingerprint density at radius 3 is 2.83 bits per heavy atom. The van der Waals surface area contributed by atoms with E-state index in [0.717, 1.165) is 10.0 Å². The molecule has 0 aliphatic carbocycles. The number of benzene rings is 1. The van der Waals surface area contributed by atoms with Crippen molar-refractivity contribution in [2.75, 3.05) is 0 Å². The summed E-state index contributed by atoms with van der Waals surface area (Å²) in [6, 6.07) is 6.24.